The largest absolute Gasteiger partial charge is 0.456 e. The van der Waals surface area contributed by atoms with E-state index in [-0.39, 0.29) is 0 Å². The lowest BCUT2D eigenvalue weighted by Crippen LogP contribution is -2.28. The molecule has 15 rings (SSSR count). The van der Waals surface area contributed by atoms with Crippen LogP contribution < -0.4 is 4.90 Å². The Morgan fingerprint density at radius 3 is 1.59 bits per heavy atom. The maximum Gasteiger partial charge on any atom is 0.135 e. The molecular formula is C71H46N2O. The average Bonchev–Trinajstić information content (AvgIpc) is 4.12. The quantitative estimate of drug-likeness (QED) is 0.151. The molecule has 12 aromatic carbocycles. The first kappa shape index (κ1) is 42.0. The Hall–Kier alpha value is -9.70. The summed E-state index contributed by atoms with van der Waals surface area (Å²) >= 11 is 0. The van der Waals surface area contributed by atoms with Crippen LogP contribution in [-0.4, -0.2) is 4.57 Å². The number of nitrogens with zero attached hydrogens (tertiary/aromatic N) is 2. The SMILES string of the molecule is c1ccc(-n2c3ccc(-c4ccc(N(c5ccc(-c6cccc7ccccc67)cc5)c5ccc6oc7ccccc7c6c5)cc4)cc3c3cc(C4(c5ccccc5)c5ccccc5-c5ccccc54)ccc32)cc1. The molecular weight excluding hydrogens is 897 g/mol. The summed E-state index contributed by atoms with van der Waals surface area (Å²) in [7, 11) is 0. The van der Waals surface area contributed by atoms with Crippen molar-refractivity contribution in [3.05, 3.63) is 301 Å². The maximum atomic E-state index is 6.31. The van der Waals surface area contributed by atoms with Crippen LogP contribution in [0.1, 0.15) is 22.3 Å². The molecule has 1 aliphatic carbocycles. The van der Waals surface area contributed by atoms with E-state index in [1.54, 1.807) is 0 Å². The third kappa shape index (κ3) is 6.40. The summed E-state index contributed by atoms with van der Waals surface area (Å²) in [6, 6.07) is 102. The van der Waals surface area contributed by atoms with Gasteiger partial charge in [0.1, 0.15) is 11.2 Å². The van der Waals surface area contributed by atoms with Gasteiger partial charge in [0, 0.05) is 44.3 Å². The van der Waals surface area contributed by atoms with Gasteiger partial charge in [-0.15, -0.1) is 0 Å². The van der Waals surface area contributed by atoms with Crippen LogP contribution in [0, 0.1) is 0 Å². The van der Waals surface area contributed by atoms with Crippen LogP contribution in [0.3, 0.4) is 0 Å². The van der Waals surface area contributed by atoms with Crippen molar-refractivity contribution in [3.63, 3.8) is 0 Å². The molecule has 0 atom stereocenters. The molecule has 1 aliphatic rings. The van der Waals surface area contributed by atoms with Gasteiger partial charge in [0.15, 0.2) is 0 Å². The highest BCUT2D eigenvalue weighted by atomic mass is 16.3. The zero-order chi connectivity index (χ0) is 48.7. The van der Waals surface area contributed by atoms with Gasteiger partial charge in [-0.1, -0.05) is 194 Å². The monoisotopic (exact) mass is 942 g/mol. The van der Waals surface area contributed by atoms with E-state index in [0.29, 0.717) is 0 Å². The predicted octanol–water partition coefficient (Wildman–Crippen LogP) is 19.0. The van der Waals surface area contributed by atoms with Crippen molar-refractivity contribution in [2.24, 2.45) is 0 Å². The summed E-state index contributed by atoms with van der Waals surface area (Å²) in [6.45, 7) is 0. The molecule has 0 fully saturated rings. The first-order chi connectivity index (χ1) is 36.7. The van der Waals surface area contributed by atoms with Crippen molar-refractivity contribution in [3.8, 4) is 39.1 Å². The van der Waals surface area contributed by atoms with E-state index in [2.05, 4.69) is 276 Å². The van der Waals surface area contributed by atoms with Gasteiger partial charge in [0.05, 0.1) is 16.4 Å². The zero-order valence-corrected chi connectivity index (χ0v) is 40.4. The van der Waals surface area contributed by atoms with Crippen LogP contribution in [0.15, 0.2) is 283 Å². The highest BCUT2D eigenvalue weighted by Gasteiger charge is 2.46. The lowest BCUT2D eigenvalue weighted by atomic mass is 9.67. The van der Waals surface area contributed by atoms with Gasteiger partial charge in [-0.2, -0.15) is 0 Å². The minimum Gasteiger partial charge on any atom is -0.456 e. The Bertz CT molecular complexity index is 4420. The molecule has 0 unspecified atom stereocenters. The Morgan fingerprint density at radius 2 is 0.851 bits per heavy atom. The summed E-state index contributed by atoms with van der Waals surface area (Å²) in [5.41, 5.74) is 20.4. The van der Waals surface area contributed by atoms with Crippen molar-refractivity contribution >= 4 is 71.6 Å². The van der Waals surface area contributed by atoms with Crippen LogP contribution in [-0.2, 0) is 5.41 Å². The second-order valence-electron chi connectivity index (χ2n) is 19.6. The second kappa shape index (κ2) is 16.7. The van der Waals surface area contributed by atoms with Crippen LogP contribution >= 0.6 is 0 Å². The molecule has 3 nitrogen and oxygen atoms in total. The molecule has 346 valence electrons. The van der Waals surface area contributed by atoms with Crippen LogP contribution in [0.2, 0.25) is 0 Å². The highest BCUT2D eigenvalue weighted by Crippen LogP contribution is 2.56. The Kier molecular flexibility index (Phi) is 9.48. The van der Waals surface area contributed by atoms with Gasteiger partial charge < -0.3 is 13.9 Å². The average molecular weight is 943 g/mol. The maximum absolute atomic E-state index is 6.31. The topological polar surface area (TPSA) is 21.3 Å². The standard InChI is InChI=1S/C71H46N2O/c1-3-18-51(19-4-1)71(65-27-12-9-23-59(65)60-24-10-13-28-66(60)71)52-35-42-68-63(45-52)62-44-50(34-41-67(62)73(68)53-20-5-2-6-21-53)47-30-36-54(37-31-47)72(56-40-43-70-64(46-56)61-25-11-14-29-69(61)74-70)55-38-32-49(33-39-55)58-26-15-17-48-16-7-8-22-57(48)58/h1-46H. The highest BCUT2D eigenvalue weighted by molar-refractivity contribution is 6.11. The van der Waals surface area contributed by atoms with E-state index >= 15 is 0 Å². The molecule has 0 N–H and O–H groups in total. The Labute approximate surface area is 429 Å². The first-order valence-corrected chi connectivity index (χ1v) is 25.5. The Balaban J connectivity index is 0.880. The molecule has 14 aromatic rings. The minimum atomic E-state index is -0.505. The van der Waals surface area contributed by atoms with Crippen molar-refractivity contribution in [1.82, 2.24) is 4.57 Å². The van der Waals surface area contributed by atoms with Gasteiger partial charge in [-0.25, -0.2) is 0 Å². The summed E-state index contributed by atoms with van der Waals surface area (Å²) in [5.74, 6) is 0. The fourth-order valence-electron chi connectivity index (χ4n) is 12.4. The molecule has 0 aliphatic heterocycles. The number of hydrogen-bond donors (Lipinski definition) is 0. The number of benzene rings is 12. The van der Waals surface area contributed by atoms with E-state index in [9.17, 15) is 0 Å². The number of aromatic nitrogens is 1. The molecule has 2 aromatic heterocycles. The number of rotatable bonds is 8. The summed E-state index contributed by atoms with van der Waals surface area (Å²) in [4.78, 5) is 2.36. The number of furan rings is 1. The lowest BCUT2D eigenvalue weighted by molar-refractivity contribution is 0.669. The lowest BCUT2D eigenvalue weighted by Gasteiger charge is -2.34. The number of anilines is 3. The normalized spacial score (nSPS) is 12.7. The summed E-state index contributed by atoms with van der Waals surface area (Å²) in [5, 5.41) is 7.11. The molecule has 0 bridgehead atoms. The van der Waals surface area contributed by atoms with Crippen LogP contribution in [0.25, 0.3) is 93.6 Å². The zero-order valence-electron chi connectivity index (χ0n) is 40.4. The first-order valence-electron chi connectivity index (χ1n) is 25.5. The molecule has 0 amide bonds. The van der Waals surface area contributed by atoms with E-state index < -0.39 is 5.41 Å². The Morgan fingerprint density at radius 1 is 0.311 bits per heavy atom. The van der Waals surface area contributed by atoms with E-state index in [0.717, 1.165) is 55.8 Å². The molecule has 0 saturated carbocycles. The fraction of sp³-hybridized carbons (Fsp3) is 0.0141. The van der Waals surface area contributed by atoms with Gasteiger partial charge in [0.25, 0.3) is 0 Å². The van der Waals surface area contributed by atoms with Crippen molar-refractivity contribution < 1.29 is 4.42 Å². The third-order valence-corrected chi connectivity index (χ3v) is 15.7. The second-order valence-corrected chi connectivity index (χ2v) is 19.6. The van der Waals surface area contributed by atoms with E-state index in [1.807, 2.05) is 12.1 Å². The number of para-hydroxylation sites is 2. The summed E-state index contributed by atoms with van der Waals surface area (Å²) in [6.07, 6.45) is 0. The number of hydrogen-bond acceptors (Lipinski definition) is 2. The van der Waals surface area contributed by atoms with Gasteiger partial charge in [0.2, 0.25) is 0 Å². The van der Waals surface area contributed by atoms with Gasteiger partial charge >= 0.3 is 0 Å². The van der Waals surface area contributed by atoms with E-state index in [1.165, 1.54) is 77.1 Å². The smallest absolute Gasteiger partial charge is 0.135 e. The molecule has 0 saturated heterocycles. The van der Waals surface area contributed by atoms with Crippen LogP contribution in [0.5, 0.6) is 0 Å². The number of fused-ring (bicyclic) bond motifs is 10. The van der Waals surface area contributed by atoms with Crippen LogP contribution in [0.4, 0.5) is 17.1 Å². The van der Waals surface area contributed by atoms with Crippen molar-refractivity contribution in [2.45, 2.75) is 5.41 Å². The van der Waals surface area contributed by atoms with Crippen molar-refractivity contribution in [1.29, 1.82) is 0 Å². The predicted molar refractivity (Wildman–Crippen MR) is 308 cm³/mol. The van der Waals surface area contributed by atoms with E-state index in [4.69, 9.17) is 4.42 Å². The summed E-state index contributed by atoms with van der Waals surface area (Å²) < 4.78 is 8.74. The van der Waals surface area contributed by atoms with Gasteiger partial charge in [-0.05, 0) is 151 Å². The molecule has 2 heterocycles. The molecule has 0 radical (unpaired) electrons. The molecule has 3 heteroatoms. The fourth-order valence-corrected chi connectivity index (χ4v) is 12.4. The third-order valence-electron chi connectivity index (χ3n) is 15.7. The van der Waals surface area contributed by atoms with Gasteiger partial charge in [-0.3, -0.25) is 0 Å². The molecule has 74 heavy (non-hydrogen) atoms. The molecule has 0 spiro atoms. The minimum absolute atomic E-state index is 0.505. The van der Waals surface area contributed by atoms with Crippen molar-refractivity contribution in [2.75, 3.05) is 4.90 Å².